The Labute approximate surface area is 385 Å². The maximum absolute atomic E-state index is 15.1. The molecule has 2 rings (SSSR count). The van der Waals surface area contributed by atoms with Crippen molar-refractivity contribution < 1.29 is 38.3 Å². The Balaban J connectivity index is 2.94. The van der Waals surface area contributed by atoms with E-state index in [1.165, 1.54) is 35.7 Å². The van der Waals surface area contributed by atoms with Crippen molar-refractivity contribution in [1.29, 1.82) is 5.26 Å². The van der Waals surface area contributed by atoms with Gasteiger partial charge >= 0.3 is 5.97 Å². The zero-order chi connectivity index (χ0) is 48.3. The monoisotopic (exact) mass is 900 g/mol. The fourth-order valence-electron chi connectivity index (χ4n) is 9.30. The number of nitrogens with one attached hydrogen (secondary N) is 3. The molecule has 9 atom stereocenters. The molecule has 3 N–H and O–H groups in total. The number of nitriles is 1. The Morgan fingerprint density at radius 1 is 0.766 bits per heavy atom. The van der Waals surface area contributed by atoms with Crippen molar-refractivity contribution >= 4 is 41.8 Å². The van der Waals surface area contributed by atoms with Crippen LogP contribution < -0.4 is 16.0 Å². The average molecular weight is 900 g/mol. The molecule has 0 aromatic rings. The Kier molecular flexibility index (Phi) is 24.0. The maximum Gasteiger partial charge on any atom is 0.329 e. The van der Waals surface area contributed by atoms with Crippen LogP contribution in [-0.4, -0.2) is 120 Å². The van der Waals surface area contributed by atoms with Crippen LogP contribution >= 0.6 is 0 Å². The second kappa shape index (κ2) is 27.4. The second-order valence-electron chi connectivity index (χ2n) is 20.1. The summed E-state index contributed by atoms with van der Waals surface area (Å²) in [5.74, 6) is -3.76. The zero-order valence-corrected chi connectivity index (χ0v) is 41.5. The lowest BCUT2D eigenvalue weighted by Gasteiger charge is -2.44. The van der Waals surface area contributed by atoms with Gasteiger partial charge in [0.25, 0.3) is 5.91 Å². The lowest BCUT2D eigenvalue weighted by Crippen LogP contribution is -2.69. The SMILES string of the molecule is CCCC[C@@H](C)CC1NC(=O)C(CC2CCCC2)N(C)C(=O)[C@H](CC(C)C)N[C@](C=O)(CC(C)C)N(C)C(=O)C(C[C@H](C)CCCC)NC(=O)[C@@H](CCC#N)OC(=O)[C@H](C)N(C)C1=O. The molecule has 1 saturated heterocycles. The molecule has 1 aliphatic carbocycles. The van der Waals surface area contributed by atoms with E-state index in [2.05, 4.69) is 29.8 Å². The molecule has 0 radical (unpaired) electrons. The highest BCUT2D eigenvalue weighted by molar-refractivity contribution is 5.96. The fraction of sp³-hybridized carbons (Fsp3) is 0.837. The van der Waals surface area contributed by atoms with Gasteiger partial charge in [-0.2, -0.15) is 5.26 Å². The molecule has 3 unspecified atom stereocenters. The van der Waals surface area contributed by atoms with Crippen LogP contribution in [0.15, 0.2) is 0 Å². The van der Waals surface area contributed by atoms with E-state index in [0.717, 1.165) is 64.2 Å². The minimum Gasteiger partial charge on any atom is -0.451 e. The van der Waals surface area contributed by atoms with Gasteiger partial charge in [-0.05, 0) is 68.6 Å². The van der Waals surface area contributed by atoms with Crippen LogP contribution in [0, 0.1) is 40.9 Å². The molecule has 1 aliphatic heterocycles. The first kappa shape index (κ1) is 56.1. The van der Waals surface area contributed by atoms with Crippen molar-refractivity contribution in [3.8, 4) is 6.07 Å². The van der Waals surface area contributed by atoms with Gasteiger partial charge < -0.3 is 30.1 Å². The van der Waals surface area contributed by atoms with E-state index in [0.29, 0.717) is 12.7 Å². The molecule has 5 amide bonds. The van der Waals surface area contributed by atoms with Crippen LogP contribution in [0.25, 0.3) is 0 Å². The van der Waals surface area contributed by atoms with Gasteiger partial charge in [-0.25, -0.2) is 4.79 Å². The Morgan fingerprint density at radius 3 is 1.80 bits per heavy atom. The number of rotatable bonds is 19. The van der Waals surface area contributed by atoms with Crippen LogP contribution in [-0.2, 0) is 38.3 Å². The summed E-state index contributed by atoms with van der Waals surface area (Å²) in [4.78, 5) is 105. The molecule has 0 bridgehead atoms. The van der Waals surface area contributed by atoms with Gasteiger partial charge in [-0.15, -0.1) is 0 Å². The Morgan fingerprint density at radius 2 is 1.30 bits per heavy atom. The predicted molar refractivity (Wildman–Crippen MR) is 248 cm³/mol. The van der Waals surface area contributed by atoms with E-state index in [4.69, 9.17) is 4.74 Å². The highest BCUT2D eigenvalue weighted by atomic mass is 16.5. The van der Waals surface area contributed by atoms with Gasteiger partial charge in [0.15, 0.2) is 18.1 Å². The summed E-state index contributed by atoms with van der Waals surface area (Å²) in [6.45, 7) is 17.4. The molecule has 364 valence electrons. The van der Waals surface area contributed by atoms with E-state index < -0.39 is 77.5 Å². The molecule has 2 fully saturated rings. The molecular formula is C49H85N7O8. The molecule has 0 aromatic carbocycles. The number of cyclic esters (lactones) is 1. The quantitative estimate of drug-likeness (QED) is 0.0981. The first-order valence-corrected chi connectivity index (χ1v) is 24.4. The summed E-state index contributed by atoms with van der Waals surface area (Å²) in [6, 6.07) is -3.41. The number of ether oxygens (including phenoxy) is 1. The normalized spacial score (nSPS) is 27.6. The average Bonchev–Trinajstić information content (AvgIpc) is 3.78. The predicted octanol–water partition coefficient (Wildman–Crippen LogP) is 6.28. The number of nitrogens with zero attached hydrogens (tertiary/aromatic N) is 4. The molecule has 15 nitrogen and oxygen atoms in total. The molecule has 64 heavy (non-hydrogen) atoms. The van der Waals surface area contributed by atoms with Gasteiger partial charge in [0.1, 0.15) is 24.2 Å². The summed E-state index contributed by atoms with van der Waals surface area (Å²) < 4.78 is 5.81. The van der Waals surface area contributed by atoms with Crippen molar-refractivity contribution in [2.75, 3.05) is 21.1 Å². The Bertz CT molecular complexity index is 1580. The molecule has 1 saturated carbocycles. The number of carbonyl (C=O) groups is 7. The third-order valence-electron chi connectivity index (χ3n) is 13.4. The van der Waals surface area contributed by atoms with Crippen molar-refractivity contribution in [2.45, 2.75) is 213 Å². The van der Waals surface area contributed by atoms with Crippen molar-refractivity contribution in [2.24, 2.45) is 29.6 Å². The van der Waals surface area contributed by atoms with Crippen LogP contribution in [0.4, 0.5) is 0 Å². The van der Waals surface area contributed by atoms with Crippen LogP contribution in [0.1, 0.15) is 171 Å². The smallest absolute Gasteiger partial charge is 0.329 e. The van der Waals surface area contributed by atoms with E-state index in [9.17, 15) is 34.0 Å². The van der Waals surface area contributed by atoms with Crippen molar-refractivity contribution in [3.63, 3.8) is 0 Å². The molecule has 1 heterocycles. The maximum atomic E-state index is 15.1. The topological polar surface area (TPSA) is 198 Å². The van der Waals surface area contributed by atoms with Gasteiger partial charge in [0.2, 0.25) is 23.6 Å². The van der Waals surface area contributed by atoms with E-state index in [-0.39, 0.29) is 68.1 Å². The molecular weight excluding hydrogens is 815 g/mol. The minimum absolute atomic E-state index is 0.0245. The number of esters is 1. The van der Waals surface area contributed by atoms with Crippen molar-refractivity contribution in [1.82, 2.24) is 30.7 Å². The standard InChI is InChI=1S/C49H85N7O8/c1-13-15-20-34(7)27-38-45(60)54(10)36(9)48(63)64-42(24-19-25-50)44(59)52-39(28-35(8)21-16-14-2)47(62)56(12)49(31-57,30-33(5)6)53-40(26-32(3)4)46(61)55(11)41(43(58)51-38)29-37-22-17-18-23-37/h31-42,53H,13-24,26-30H2,1-12H3,(H,51,58)(H,52,59)/t34-,35-,36+,38?,39?,40+,41?,42-,49-/m1/s1. The van der Waals surface area contributed by atoms with Crippen molar-refractivity contribution in [3.05, 3.63) is 0 Å². The number of aldehydes is 1. The summed E-state index contributed by atoms with van der Waals surface area (Å²) in [5, 5.41) is 18.8. The number of likely N-dealkylation sites (N-methyl/N-ethyl adjacent to an activating group) is 3. The largest absolute Gasteiger partial charge is 0.451 e. The van der Waals surface area contributed by atoms with E-state index >= 15 is 4.79 Å². The first-order chi connectivity index (χ1) is 30.2. The molecule has 0 spiro atoms. The summed E-state index contributed by atoms with van der Waals surface area (Å²) >= 11 is 0. The fourth-order valence-corrected chi connectivity index (χ4v) is 9.30. The third kappa shape index (κ3) is 16.7. The third-order valence-corrected chi connectivity index (χ3v) is 13.4. The summed E-state index contributed by atoms with van der Waals surface area (Å²) in [7, 11) is 4.54. The molecule has 15 heteroatoms. The van der Waals surface area contributed by atoms with E-state index in [1.54, 1.807) is 7.05 Å². The van der Waals surface area contributed by atoms with Crippen LogP contribution in [0.2, 0.25) is 0 Å². The van der Waals surface area contributed by atoms with Gasteiger partial charge in [-0.1, -0.05) is 120 Å². The highest BCUT2D eigenvalue weighted by Gasteiger charge is 2.46. The zero-order valence-electron chi connectivity index (χ0n) is 41.5. The number of carbonyl (C=O) groups excluding carboxylic acids is 7. The first-order valence-electron chi connectivity index (χ1n) is 24.4. The summed E-state index contributed by atoms with van der Waals surface area (Å²) in [6.07, 6.45) is 9.19. The Hall–Kier alpha value is -4.06. The second-order valence-corrected chi connectivity index (χ2v) is 20.1. The van der Waals surface area contributed by atoms with Gasteiger partial charge in [-0.3, -0.25) is 34.1 Å². The number of unbranched alkanes of at least 4 members (excludes halogenated alkanes) is 2. The number of hydrogen-bond acceptors (Lipinski definition) is 10. The minimum atomic E-state index is -1.72. The molecule has 0 aromatic heterocycles. The molecule has 2 aliphatic rings. The number of hydrogen-bond donors (Lipinski definition) is 3. The highest BCUT2D eigenvalue weighted by Crippen LogP contribution is 2.31. The van der Waals surface area contributed by atoms with Crippen LogP contribution in [0.3, 0.4) is 0 Å². The lowest BCUT2D eigenvalue weighted by atomic mass is 9.91. The van der Waals surface area contributed by atoms with Crippen LogP contribution in [0.5, 0.6) is 0 Å². The lowest BCUT2D eigenvalue weighted by molar-refractivity contribution is -0.164. The van der Waals surface area contributed by atoms with E-state index in [1.807, 2.05) is 47.6 Å². The van der Waals surface area contributed by atoms with Gasteiger partial charge in [0, 0.05) is 34.0 Å². The van der Waals surface area contributed by atoms with Gasteiger partial charge in [0.05, 0.1) is 12.1 Å². The number of amides is 5. The summed E-state index contributed by atoms with van der Waals surface area (Å²) in [5.41, 5.74) is -1.72.